The Labute approximate surface area is 85.9 Å². The largest absolute Gasteiger partial charge is 0.477 e. The Balaban J connectivity index is 3.23. The lowest BCUT2D eigenvalue weighted by atomic mass is 10.1. The minimum Gasteiger partial charge on any atom is -0.477 e. The van der Waals surface area contributed by atoms with Gasteiger partial charge in [-0.1, -0.05) is 41.9 Å². The molecule has 0 fully saturated rings. The topological polar surface area (TPSA) is 61.1 Å². The number of rotatable bonds is 2. The lowest BCUT2D eigenvalue weighted by molar-refractivity contribution is -0.132. The molecule has 4 heteroatoms. The summed E-state index contributed by atoms with van der Waals surface area (Å²) in [4.78, 5) is 10.6. The summed E-state index contributed by atoms with van der Waals surface area (Å²) < 4.78 is 0. The standard InChI is InChI=1S/C10H6ClNO2/c11-9(8(6-12)10(13)14)7-4-2-1-3-5-7/h1-5H,(H,13,14). The zero-order chi connectivity index (χ0) is 10.6. The van der Waals surface area contributed by atoms with Gasteiger partial charge in [0.15, 0.2) is 5.57 Å². The van der Waals surface area contributed by atoms with Crippen LogP contribution in [0.2, 0.25) is 0 Å². The molecule has 0 bridgehead atoms. The number of carbonyl (C=O) groups is 1. The van der Waals surface area contributed by atoms with Crippen molar-refractivity contribution in [2.75, 3.05) is 0 Å². The zero-order valence-corrected chi connectivity index (χ0v) is 7.82. The molecule has 0 amide bonds. The Hall–Kier alpha value is -1.79. The number of aliphatic carboxylic acids is 1. The molecule has 0 saturated carbocycles. The SMILES string of the molecule is N#CC(C(=O)O)=C(Cl)c1ccccc1. The number of hydrogen-bond donors (Lipinski definition) is 1. The molecule has 14 heavy (non-hydrogen) atoms. The second-order valence-corrected chi connectivity index (χ2v) is 2.85. The van der Waals surface area contributed by atoms with Crippen molar-refractivity contribution in [1.82, 2.24) is 0 Å². The van der Waals surface area contributed by atoms with Crippen molar-refractivity contribution in [1.29, 1.82) is 5.26 Å². The molecule has 0 spiro atoms. The van der Waals surface area contributed by atoms with E-state index in [1.807, 2.05) is 0 Å². The van der Waals surface area contributed by atoms with Gasteiger partial charge in [0.25, 0.3) is 0 Å². The smallest absolute Gasteiger partial charge is 0.348 e. The molecule has 0 radical (unpaired) electrons. The Bertz CT molecular complexity index is 417. The fourth-order valence-electron chi connectivity index (χ4n) is 0.920. The number of nitrogens with zero attached hydrogens (tertiary/aromatic N) is 1. The van der Waals surface area contributed by atoms with E-state index in [1.54, 1.807) is 36.4 Å². The van der Waals surface area contributed by atoms with Crippen molar-refractivity contribution in [3.8, 4) is 6.07 Å². The van der Waals surface area contributed by atoms with Crippen molar-refractivity contribution in [2.45, 2.75) is 0 Å². The van der Waals surface area contributed by atoms with Crippen LogP contribution in [0, 0.1) is 11.3 Å². The Kier molecular flexibility index (Phi) is 3.27. The number of benzene rings is 1. The van der Waals surface area contributed by atoms with Gasteiger partial charge < -0.3 is 5.11 Å². The number of hydrogen-bond acceptors (Lipinski definition) is 2. The van der Waals surface area contributed by atoms with E-state index >= 15 is 0 Å². The van der Waals surface area contributed by atoms with Crippen LogP contribution in [0.3, 0.4) is 0 Å². The van der Waals surface area contributed by atoms with Crippen LogP contribution in [0.15, 0.2) is 35.9 Å². The van der Waals surface area contributed by atoms with Gasteiger partial charge in [-0.3, -0.25) is 0 Å². The summed E-state index contributed by atoms with van der Waals surface area (Å²) in [5.74, 6) is -1.32. The van der Waals surface area contributed by atoms with Crippen LogP contribution >= 0.6 is 11.6 Å². The monoisotopic (exact) mass is 207 g/mol. The van der Waals surface area contributed by atoms with Gasteiger partial charge in [-0.2, -0.15) is 5.26 Å². The Morgan fingerprint density at radius 3 is 2.36 bits per heavy atom. The van der Waals surface area contributed by atoms with Gasteiger partial charge in [0.05, 0.1) is 5.03 Å². The maximum atomic E-state index is 10.6. The third-order valence-corrected chi connectivity index (χ3v) is 1.98. The lowest BCUT2D eigenvalue weighted by Crippen LogP contribution is -1.99. The Morgan fingerprint density at radius 1 is 1.36 bits per heavy atom. The van der Waals surface area contributed by atoms with E-state index in [0.29, 0.717) is 5.56 Å². The van der Waals surface area contributed by atoms with Crippen molar-refractivity contribution in [2.24, 2.45) is 0 Å². The molecule has 0 heterocycles. The summed E-state index contributed by atoms with van der Waals surface area (Å²) in [5.41, 5.74) is 0.0750. The van der Waals surface area contributed by atoms with Crippen LogP contribution in [0.25, 0.3) is 5.03 Å². The van der Waals surface area contributed by atoms with Gasteiger partial charge in [-0.15, -0.1) is 0 Å². The van der Waals surface area contributed by atoms with Crippen LogP contribution in [0.1, 0.15) is 5.56 Å². The van der Waals surface area contributed by atoms with Gasteiger partial charge in [0, 0.05) is 0 Å². The molecule has 0 aliphatic heterocycles. The van der Waals surface area contributed by atoms with Crippen molar-refractivity contribution < 1.29 is 9.90 Å². The number of halogens is 1. The normalized spacial score (nSPS) is 11.4. The molecule has 0 unspecified atom stereocenters. The summed E-state index contributed by atoms with van der Waals surface area (Å²) in [6.45, 7) is 0. The number of carboxylic acids is 1. The van der Waals surface area contributed by atoms with Crippen LogP contribution in [-0.4, -0.2) is 11.1 Å². The van der Waals surface area contributed by atoms with Crippen LogP contribution in [0.4, 0.5) is 0 Å². The molecular weight excluding hydrogens is 202 g/mol. The molecule has 1 aromatic carbocycles. The second-order valence-electron chi connectivity index (χ2n) is 2.47. The molecule has 0 atom stereocenters. The van der Waals surface area contributed by atoms with Crippen LogP contribution in [-0.2, 0) is 4.79 Å². The van der Waals surface area contributed by atoms with Gasteiger partial charge in [-0.25, -0.2) is 4.79 Å². The summed E-state index contributed by atoms with van der Waals surface area (Å²) in [7, 11) is 0. The van der Waals surface area contributed by atoms with Gasteiger partial charge in [-0.05, 0) is 5.56 Å². The van der Waals surface area contributed by atoms with Crippen molar-refractivity contribution >= 4 is 22.6 Å². The highest BCUT2D eigenvalue weighted by molar-refractivity contribution is 6.51. The Morgan fingerprint density at radius 2 is 1.93 bits per heavy atom. The summed E-state index contributed by atoms with van der Waals surface area (Å²) in [6, 6.07) is 10.0. The summed E-state index contributed by atoms with van der Waals surface area (Å²) >= 11 is 5.74. The third-order valence-electron chi connectivity index (χ3n) is 1.57. The van der Waals surface area contributed by atoms with E-state index in [-0.39, 0.29) is 5.03 Å². The number of carboxylic acid groups (broad SMARTS) is 1. The first kappa shape index (κ1) is 10.3. The minimum atomic E-state index is -1.32. The zero-order valence-electron chi connectivity index (χ0n) is 7.07. The molecule has 70 valence electrons. The molecule has 1 N–H and O–H groups in total. The highest BCUT2D eigenvalue weighted by Gasteiger charge is 2.13. The van der Waals surface area contributed by atoms with E-state index in [0.717, 1.165) is 0 Å². The predicted molar refractivity (Wildman–Crippen MR) is 52.5 cm³/mol. The lowest BCUT2D eigenvalue weighted by Gasteiger charge is -1.99. The first-order chi connectivity index (χ1) is 6.66. The van der Waals surface area contributed by atoms with Crippen LogP contribution < -0.4 is 0 Å². The van der Waals surface area contributed by atoms with E-state index in [1.165, 1.54) is 0 Å². The summed E-state index contributed by atoms with van der Waals surface area (Å²) in [5, 5.41) is 17.2. The van der Waals surface area contributed by atoms with E-state index in [2.05, 4.69) is 0 Å². The van der Waals surface area contributed by atoms with E-state index < -0.39 is 11.5 Å². The van der Waals surface area contributed by atoms with Gasteiger partial charge in [0.2, 0.25) is 0 Å². The first-order valence-electron chi connectivity index (χ1n) is 3.75. The second kappa shape index (κ2) is 4.45. The summed E-state index contributed by atoms with van der Waals surface area (Å²) in [6.07, 6.45) is 0. The van der Waals surface area contributed by atoms with Crippen molar-refractivity contribution in [3.63, 3.8) is 0 Å². The highest BCUT2D eigenvalue weighted by Crippen LogP contribution is 2.22. The fourth-order valence-corrected chi connectivity index (χ4v) is 1.17. The molecule has 0 aromatic heterocycles. The van der Waals surface area contributed by atoms with Crippen LogP contribution in [0.5, 0.6) is 0 Å². The molecule has 1 rings (SSSR count). The minimum absolute atomic E-state index is 0.0411. The van der Waals surface area contributed by atoms with Gasteiger partial charge >= 0.3 is 5.97 Å². The molecular formula is C10H6ClNO2. The first-order valence-corrected chi connectivity index (χ1v) is 4.13. The van der Waals surface area contributed by atoms with Gasteiger partial charge in [0.1, 0.15) is 6.07 Å². The van der Waals surface area contributed by atoms with E-state index in [4.69, 9.17) is 22.0 Å². The fraction of sp³-hybridized carbons (Fsp3) is 0. The maximum absolute atomic E-state index is 10.6. The predicted octanol–water partition coefficient (Wildman–Crippen LogP) is 2.24. The molecule has 0 aliphatic carbocycles. The molecule has 0 aliphatic rings. The average Bonchev–Trinajstić information content (AvgIpc) is 2.19. The average molecular weight is 208 g/mol. The van der Waals surface area contributed by atoms with Crippen molar-refractivity contribution in [3.05, 3.63) is 41.5 Å². The quantitative estimate of drug-likeness (QED) is 0.598. The third kappa shape index (κ3) is 2.12. The molecule has 0 saturated heterocycles. The molecule has 3 nitrogen and oxygen atoms in total. The highest BCUT2D eigenvalue weighted by atomic mass is 35.5. The maximum Gasteiger partial charge on any atom is 0.348 e. The number of nitriles is 1. The molecule has 1 aromatic rings. The van der Waals surface area contributed by atoms with E-state index in [9.17, 15) is 4.79 Å².